The Kier molecular flexibility index (Phi) is 5.36. The monoisotopic (exact) mass is 216 g/mol. The zero-order chi connectivity index (χ0) is 12.0. The number of amides is 2. The number of rotatable bonds is 4. The maximum Gasteiger partial charge on any atom is 0.394 e. The minimum atomic E-state index is -1.60. The molecule has 1 atom stereocenters. The number of carbonyl (C=O) groups is 3. The van der Waals surface area contributed by atoms with E-state index in [1.807, 2.05) is 13.8 Å². The molecule has 0 aromatic heterocycles. The van der Waals surface area contributed by atoms with E-state index in [0.29, 0.717) is 12.5 Å². The van der Waals surface area contributed by atoms with Gasteiger partial charge in [0, 0.05) is 6.54 Å². The molecular formula is C9H16N2O4. The van der Waals surface area contributed by atoms with Crippen LogP contribution >= 0.6 is 0 Å². The molecule has 3 N–H and O–H groups in total. The molecule has 0 fully saturated rings. The van der Waals surface area contributed by atoms with Crippen LogP contribution in [0.2, 0.25) is 0 Å². The molecule has 0 radical (unpaired) electrons. The molecule has 0 aromatic carbocycles. The minimum absolute atomic E-state index is 0.302. The lowest BCUT2D eigenvalue weighted by atomic mass is 10.2. The first-order chi connectivity index (χ1) is 6.84. The van der Waals surface area contributed by atoms with Gasteiger partial charge in [-0.25, -0.2) is 4.79 Å². The number of hydrogen-bond donors (Lipinski definition) is 3. The fourth-order valence-corrected chi connectivity index (χ4v) is 0.782. The van der Waals surface area contributed by atoms with Crippen LogP contribution in [0, 0.1) is 5.92 Å². The summed E-state index contributed by atoms with van der Waals surface area (Å²) in [6.45, 7) is 5.78. The zero-order valence-corrected chi connectivity index (χ0v) is 9.03. The van der Waals surface area contributed by atoms with Crippen molar-refractivity contribution < 1.29 is 19.5 Å². The van der Waals surface area contributed by atoms with Crippen LogP contribution in [-0.4, -0.2) is 35.5 Å². The van der Waals surface area contributed by atoms with Gasteiger partial charge in [0.05, 0.1) is 0 Å². The summed E-state index contributed by atoms with van der Waals surface area (Å²) in [5.74, 6) is -2.87. The highest BCUT2D eigenvalue weighted by atomic mass is 16.4. The van der Waals surface area contributed by atoms with E-state index in [1.54, 1.807) is 0 Å². The first-order valence-corrected chi connectivity index (χ1v) is 4.66. The lowest BCUT2D eigenvalue weighted by Crippen LogP contribution is -2.47. The van der Waals surface area contributed by atoms with Crippen LogP contribution in [0.5, 0.6) is 0 Å². The van der Waals surface area contributed by atoms with E-state index >= 15 is 0 Å². The average molecular weight is 216 g/mol. The maximum atomic E-state index is 11.3. The summed E-state index contributed by atoms with van der Waals surface area (Å²) in [6, 6.07) is -0.840. The molecule has 2 amide bonds. The zero-order valence-electron chi connectivity index (χ0n) is 9.03. The first kappa shape index (κ1) is 13.4. The predicted molar refractivity (Wildman–Crippen MR) is 53.1 cm³/mol. The first-order valence-electron chi connectivity index (χ1n) is 4.66. The molecule has 6 nitrogen and oxygen atoms in total. The highest BCUT2D eigenvalue weighted by Gasteiger charge is 2.19. The summed E-state index contributed by atoms with van der Waals surface area (Å²) < 4.78 is 0. The molecule has 0 bridgehead atoms. The molecule has 86 valence electrons. The quantitative estimate of drug-likeness (QED) is 0.544. The summed E-state index contributed by atoms with van der Waals surface area (Å²) >= 11 is 0. The van der Waals surface area contributed by atoms with E-state index in [4.69, 9.17) is 5.11 Å². The summed E-state index contributed by atoms with van der Waals surface area (Å²) in [5.41, 5.74) is 0. The van der Waals surface area contributed by atoms with Crippen molar-refractivity contribution in [1.82, 2.24) is 10.6 Å². The van der Waals surface area contributed by atoms with Crippen molar-refractivity contribution in [2.24, 2.45) is 5.92 Å². The Morgan fingerprint density at radius 3 is 2.13 bits per heavy atom. The van der Waals surface area contributed by atoms with Crippen molar-refractivity contribution >= 4 is 17.8 Å². The molecule has 0 rings (SSSR count). The van der Waals surface area contributed by atoms with Gasteiger partial charge in [-0.1, -0.05) is 13.8 Å². The largest absolute Gasteiger partial charge is 0.474 e. The number of nitrogens with one attached hydrogen (secondary N) is 2. The van der Waals surface area contributed by atoms with Gasteiger partial charge in [0.1, 0.15) is 6.04 Å². The van der Waals surface area contributed by atoms with Gasteiger partial charge in [0.15, 0.2) is 0 Å². The Labute approximate surface area is 88.0 Å². The molecule has 0 spiro atoms. The normalized spacial score (nSPS) is 12.0. The van der Waals surface area contributed by atoms with Crippen molar-refractivity contribution in [3.63, 3.8) is 0 Å². The minimum Gasteiger partial charge on any atom is -0.474 e. The lowest BCUT2D eigenvalue weighted by molar-refractivity contribution is -0.150. The fourth-order valence-electron chi connectivity index (χ4n) is 0.782. The van der Waals surface area contributed by atoms with Gasteiger partial charge in [-0.3, -0.25) is 9.59 Å². The van der Waals surface area contributed by atoms with Crippen LogP contribution in [-0.2, 0) is 14.4 Å². The average Bonchev–Trinajstić information content (AvgIpc) is 2.13. The van der Waals surface area contributed by atoms with E-state index in [2.05, 4.69) is 10.6 Å². The maximum absolute atomic E-state index is 11.3. The summed E-state index contributed by atoms with van der Waals surface area (Å²) in [7, 11) is 0. The number of aliphatic carboxylic acids is 1. The predicted octanol–water partition coefficient (Wildman–Crippen LogP) is -0.652. The van der Waals surface area contributed by atoms with Crippen LogP contribution in [0.3, 0.4) is 0 Å². The highest BCUT2D eigenvalue weighted by molar-refractivity contribution is 6.31. The van der Waals surface area contributed by atoms with Gasteiger partial charge in [0.2, 0.25) is 5.91 Å². The second kappa shape index (κ2) is 6.00. The molecular weight excluding hydrogens is 200 g/mol. The SMILES string of the molecule is CC(C)CNC(=O)C(C)NC(=O)C(=O)O. The van der Waals surface area contributed by atoms with Gasteiger partial charge in [-0.2, -0.15) is 0 Å². The second-order valence-corrected chi connectivity index (χ2v) is 3.64. The topological polar surface area (TPSA) is 95.5 Å². The van der Waals surface area contributed by atoms with Crippen molar-refractivity contribution in [2.75, 3.05) is 6.54 Å². The molecule has 0 aliphatic carbocycles. The molecule has 0 saturated carbocycles. The summed E-state index contributed by atoms with van der Waals surface area (Å²) in [4.78, 5) is 32.2. The van der Waals surface area contributed by atoms with Gasteiger partial charge in [0.25, 0.3) is 0 Å². The van der Waals surface area contributed by atoms with E-state index in [1.165, 1.54) is 6.92 Å². The van der Waals surface area contributed by atoms with Crippen LogP contribution in [0.1, 0.15) is 20.8 Å². The highest BCUT2D eigenvalue weighted by Crippen LogP contribution is 1.89. The second-order valence-electron chi connectivity index (χ2n) is 3.64. The Balaban J connectivity index is 3.99. The molecule has 6 heteroatoms. The van der Waals surface area contributed by atoms with Crippen LogP contribution in [0.15, 0.2) is 0 Å². The standard InChI is InChI=1S/C9H16N2O4/c1-5(2)4-10-7(12)6(3)11-8(13)9(14)15/h5-6H,4H2,1-3H3,(H,10,12)(H,11,13)(H,14,15). The van der Waals surface area contributed by atoms with Crippen LogP contribution in [0.4, 0.5) is 0 Å². The van der Waals surface area contributed by atoms with E-state index < -0.39 is 23.8 Å². The van der Waals surface area contributed by atoms with Crippen LogP contribution in [0.25, 0.3) is 0 Å². The Hall–Kier alpha value is -1.59. The summed E-state index contributed by atoms with van der Waals surface area (Å²) in [6.07, 6.45) is 0. The molecule has 0 aliphatic rings. The van der Waals surface area contributed by atoms with Gasteiger partial charge < -0.3 is 15.7 Å². The lowest BCUT2D eigenvalue weighted by Gasteiger charge is -2.13. The Morgan fingerprint density at radius 1 is 1.20 bits per heavy atom. The molecule has 0 aliphatic heterocycles. The van der Waals surface area contributed by atoms with Gasteiger partial charge >= 0.3 is 11.9 Å². The molecule has 0 heterocycles. The number of carbonyl (C=O) groups excluding carboxylic acids is 2. The third-order valence-corrected chi connectivity index (χ3v) is 1.62. The van der Waals surface area contributed by atoms with E-state index in [9.17, 15) is 14.4 Å². The van der Waals surface area contributed by atoms with E-state index in [-0.39, 0.29) is 0 Å². The van der Waals surface area contributed by atoms with E-state index in [0.717, 1.165) is 0 Å². The third kappa shape index (κ3) is 5.66. The third-order valence-electron chi connectivity index (χ3n) is 1.62. The molecule has 0 aromatic rings. The summed E-state index contributed by atoms with van der Waals surface area (Å²) in [5, 5.41) is 12.9. The molecule has 1 unspecified atom stereocenters. The van der Waals surface area contributed by atoms with Crippen LogP contribution < -0.4 is 10.6 Å². The molecule has 15 heavy (non-hydrogen) atoms. The Bertz CT molecular complexity index is 263. The van der Waals surface area contributed by atoms with Gasteiger partial charge in [-0.05, 0) is 12.8 Å². The molecule has 0 saturated heterocycles. The van der Waals surface area contributed by atoms with Crippen molar-refractivity contribution in [1.29, 1.82) is 0 Å². The fraction of sp³-hybridized carbons (Fsp3) is 0.667. The number of carboxylic acid groups (broad SMARTS) is 1. The smallest absolute Gasteiger partial charge is 0.394 e. The number of hydrogen-bond acceptors (Lipinski definition) is 3. The van der Waals surface area contributed by atoms with Crippen molar-refractivity contribution in [2.45, 2.75) is 26.8 Å². The number of carboxylic acids is 1. The van der Waals surface area contributed by atoms with Crippen molar-refractivity contribution in [3.8, 4) is 0 Å². The Morgan fingerprint density at radius 2 is 1.73 bits per heavy atom. The van der Waals surface area contributed by atoms with Crippen molar-refractivity contribution in [3.05, 3.63) is 0 Å². The van der Waals surface area contributed by atoms with Gasteiger partial charge in [-0.15, -0.1) is 0 Å².